The number of nitrogens with zero attached hydrogens (tertiary/aromatic N) is 3. The Hall–Kier alpha value is -2.61. The molecule has 8 nitrogen and oxygen atoms in total. The van der Waals surface area contributed by atoms with Crippen LogP contribution in [0.3, 0.4) is 0 Å². The lowest BCUT2D eigenvalue weighted by Gasteiger charge is -2.30. The number of ether oxygens (including phenoxy) is 1. The smallest absolute Gasteiger partial charge is 0.308 e. The lowest BCUT2D eigenvalue weighted by molar-refractivity contribution is -0.144. The summed E-state index contributed by atoms with van der Waals surface area (Å²) in [4.78, 5) is 44.4. The van der Waals surface area contributed by atoms with Gasteiger partial charge < -0.3 is 19.6 Å². The third-order valence-electron chi connectivity index (χ3n) is 8.30. The van der Waals surface area contributed by atoms with E-state index in [0.29, 0.717) is 32.5 Å². The van der Waals surface area contributed by atoms with Gasteiger partial charge in [-0.05, 0) is 42.9 Å². The van der Waals surface area contributed by atoms with Gasteiger partial charge in [-0.3, -0.25) is 19.3 Å². The Kier molecular flexibility index (Phi) is 9.46. The summed E-state index contributed by atoms with van der Waals surface area (Å²) in [6, 6.07) is 5.75. The molecule has 2 fully saturated rings. The maximum absolute atomic E-state index is 13.5. The zero-order chi connectivity index (χ0) is 26.4. The van der Waals surface area contributed by atoms with Gasteiger partial charge in [0.25, 0.3) is 0 Å². The molecule has 37 heavy (non-hydrogen) atoms. The Balaban J connectivity index is 1.57. The Morgan fingerprint density at radius 3 is 2.54 bits per heavy atom. The average molecular weight is 514 g/mol. The van der Waals surface area contributed by atoms with Crippen LogP contribution in [-0.2, 0) is 20.8 Å². The lowest BCUT2D eigenvalue weighted by atomic mass is 9.83. The van der Waals surface area contributed by atoms with Gasteiger partial charge in [0.2, 0.25) is 11.8 Å². The summed E-state index contributed by atoms with van der Waals surface area (Å²) in [5.74, 6) is -0.569. The minimum absolute atomic E-state index is 0.0799. The summed E-state index contributed by atoms with van der Waals surface area (Å²) in [6.07, 6.45) is 6.80. The van der Waals surface area contributed by atoms with E-state index in [9.17, 15) is 19.5 Å². The first-order valence-electron chi connectivity index (χ1n) is 14.2. The number of hydrogen-bond acceptors (Lipinski definition) is 5. The van der Waals surface area contributed by atoms with Gasteiger partial charge in [0, 0.05) is 57.5 Å². The summed E-state index contributed by atoms with van der Waals surface area (Å²) in [5.41, 5.74) is 2.13. The van der Waals surface area contributed by atoms with E-state index in [1.807, 2.05) is 21.9 Å². The number of amides is 2. The third kappa shape index (κ3) is 6.46. The molecule has 1 aromatic rings. The van der Waals surface area contributed by atoms with E-state index in [4.69, 9.17) is 4.74 Å². The SMILES string of the molecule is CCCCN(CCCC)C(=O)CN1C[C@H](c2ccc3c(c2)CCO3)C(C(=O)O)[C@@H]1CCN1CCCC1=O. The highest BCUT2D eigenvalue weighted by Gasteiger charge is 2.47. The monoisotopic (exact) mass is 513 g/mol. The quantitative estimate of drug-likeness (QED) is 0.434. The Morgan fingerprint density at radius 2 is 1.89 bits per heavy atom. The van der Waals surface area contributed by atoms with E-state index in [1.54, 1.807) is 0 Å². The molecule has 1 aromatic carbocycles. The second-order valence-corrected chi connectivity index (χ2v) is 10.8. The number of hydrogen-bond donors (Lipinski definition) is 1. The highest BCUT2D eigenvalue weighted by molar-refractivity contribution is 5.79. The highest BCUT2D eigenvalue weighted by Crippen LogP contribution is 2.41. The number of likely N-dealkylation sites (tertiary alicyclic amines) is 2. The van der Waals surface area contributed by atoms with Gasteiger partial charge in [-0.25, -0.2) is 0 Å². The summed E-state index contributed by atoms with van der Waals surface area (Å²) in [6.45, 7) is 8.42. The number of fused-ring (bicyclic) bond motifs is 1. The highest BCUT2D eigenvalue weighted by atomic mass is 16.5. The lowest BCUT2D eigenvalue weighted by Crippen LogP contribution is -2.45. The van der Waals surface area contributed by atoms with Gasteiger partial charge in [-0.15, -0.1) is 0 Å². The molecule has 3 aliphatic rings. The van der Waals surface area contributed by atoms with Crippen LogP contribution in [0.5, 0.6) is 5.75 Å². The van der Waals surface area contributed by atoms with Gasteiger partial charge in [-0.1, -0.05) is 38.8 Å². The van der Waals surface area contributed by atoms with Crippen molar-refractivity contribution in [3.63, 3.8) is 0 Å². The first-order chi connectivity index (χ1) is 17.9. The molecule has 0 aliphatic carbocycles. The predicted molar refractivity (Wildman–Crippen MR) is 142 cm³/mol. The zero-order valence-corrected chi connectivity index (χ0v) is 22.5. The Labute approximate surface area is 220 Å². The van der Waals surface area contributed by atoms with Gasteiger partial charge >= 0.3 is 5.97 Å². The fraction of sp³-hybridized carbons (Fsp3) is 0.690. The van der Waals surface area contributed by atoms with Crippen LogP contribution in [0.4, 0.5) is 0 Å². The Morgan fingerprint density at radius 1 is 1.14 bits per heavy atom. The zero-order valence-electron chi connectivity index (χ0n) is 22.5. The van der Waals surface area contributed by atoms with Crippen molar-refractivity contribution in [1.29, 1.82) is 0 Å². The molecule has 0 spiro atoms. The molecular formula is C29H43N3O5. The van der Waals surface area contributed by atoms with Crippen molar-refractivity contribution in [2.45, 2.75) is 77.2 Å². The minimum Gasteiger partial charge on any atom is -0.493 e. The largest absolute Gasteiger partial charge is 0.493 e. The molecule has 2 saturated heterocycles. The maximum atomic E-state index is 13.5. The van der Waals surface area contributed by atoms with Crippen LogP contribution in [0.2, 0.25) is 0 Å². The maximum Gasteiger partial charge on any atom is 0.308 e. The summed E-state index contributed by atoms with van der Waals surface area (Å²) < 4.78 is 5.67. The molecule has 0 saturated carbocycles. The molecule has 2 amide bonds. The van der Waals surface area contributed by atoms with Crippen molar-refractivity contribution in [1.82, 2.24) is 14.7 Å². The van der Waals surface area contributed by atoms with E-state index < -0.39 is 11.9 Å². The van der Waals surface area contributed by atoms with E-state index in [0.717, 1.165) is 75.0 Å². The average Bonchev–Trinajstić information content (AvgIpc) is 3.60. The number of carbonyl (C=O) groups excluding carboxylic acids is 2. The second kappa shape index (κ2) is 12.8. The first kappa shape index (κ1) is 27.4. The van der Waals surface area contributed by atoms with Crippen LogP contribution in [0, 0.1) is 5.92 Å². The van der Waals surface area contributed by atoms with E-state index in [-0.39, 0.29) is 30.3 Å². The van der Waals surface area contributed by atoms with Crippen LogP contribution in [0.25, 0.3) is 0 Å². The van der Waals surface area contributed by atoms with Crippen molar-refractivity contribution in [2.75, 3.05) is 45.9 Å². The van der Waals surface area contributed by atoms with Gasteiger partial charge in [0.05, 0.1) is 19.1 Å². The number of carbonyl (C=O) groups is 3. The molecule has 204 valence electrons. The predicted octanol–water partition coefficient (Wildman–Crippen LogP) is 3.53. The normalized spacial score (nSPS) is 23.4. The molecular weight excluding hydrogens is 470 g/mol. The van der Waals surface area contributed by atoms with Crippen molar-refractivity contribution in [2.24, 2.45) is 5.92 Å². The number of aliphatic carboxylic acids is 1. The number of carboxylic acid groups (broad SMARTS) is 1. The standard InChI is InChI=1S/C29H43N3O5/c1-3-5-13-30(14-6-4-2)27(34)20-32-19-23(21-9-10-25-22(18-21)12-17-37-25)28(29(35)36)24(32)11-16-31-15-7-8-26(31)33/h9-10,18,23-24,28H,3-8,11-17,19-20H2,1-2H3,(H,35,36)/t23-,24+,28?/m1/s1. The van der Waals surface area contributed by atoms with Crippen LogP contribution in [-0.4, -0.2) is 89.5 Å². The summed E-state index contributed by atoms with van der Waals surface area (Å²) >= 11 is 0. The number of rotatable bonds is 13. The molecule has 3 heterocycles. The van der Waals surface area contributed by atoms with Crippen molar-refractivity contribution in [3.05, 3.63) is 29.3 Å². The first-order valence-corrected chi connectivity index (χ1v) is 14.2. The fourth-order valence-corrected chi connectivity index (χ4v) is 6.19. The number of carboxylic acids is 1. The van der Waals surface area contributed by atoms with Crippen LogP contribution < -0.4 is 4.74 Å². The van der Waals surface area contributed by atoms with Crippen LogP contribution in [0.1, 0.15) is 75.8 Å². The van der Waals surface area contributed by atoms with Crippen molar-refractivity contribution < 1.29 is 24.2 Å². The summed E-state index contributed by atoms with van der Waals surface area (Å²) in [7, 11) is 0. The van der Waals surface area contributed by atoms with Crippen LogP contribution in [0.15, 0.2) is 18.2 Å². The van der Waals surface area contributed by atoms with Crippen LogP contribution >= 0.6 is 0 Å². The van der Waals surface area contributed by atoms with Crippen molar-refractivity contribution >= 4 is 17.8 Å². The molecule has 0 bridgehead atoms. The molecule has 1 unspecified atom stereocenters. The molecule has 0 aromatic heterocycles. The molecule has 0 radical (unpaired) electrons. The van der Waals surface area contributed by atoms with E-state index in [1.165, 1.54) is 0 Å². The van der Waals surface area contributed by atoms with Gasteiger partial charge in [0.1, 0.15) is 5.75 Å². The molecule has 3 aliphatic heterocycles. The topological polar surface area (TPSA) is 90.4 Å². The second-order valence-electron chi connectivity index (χ2n) is 10.8. The summed E-state index contributed by atoms with van der Waals surface area (Å²) in [5, 5.41) is 10.4. The minimum atomic E-state index is -0.830. The number of unbranched alkanes of at least 4 members (excludes halogenated alkanes) is 2. The third-order valence-corrected chi connectivity index (χ3v) is 8.30. The van der Waals surface area contributed by atoms with Gasteiger partial charge in [0.15, 0.2) is 0 Å². The molecule has 1 N–H and O–H groups in total. The molecule has 3 atom stereocenters. The van der Waals surface area contributed by atoms with Gasteiger partial charge in [-0.2, -0.15) is 0 Å². The molecule has 8 heteroatoms. The van der Waals surface area contributed by atoms with Crippen molar-refractivity contribution in [3.8, 4) is 5.75 Å². The van der Waals surface area contributed by atoms with E-state index >= 15 is 0 Å². The Bertz CT molecular complexity index is 959. The fourth-order valence-electron chi connectivity index (χ4n) is 6.19. The number of benzene rings is 1. The molecule has 4 rings (SSSR count). The van der Waals surface area contributed by atoms with E-state index in [2.05, 4.69) is 24.8 Å².